The molecule has 0 heterocycles. The van der Waals surface area contributed by atoms with Gasteiger partial charge in [0, 0.05) is 6.26 Å². The van der Waals surface area contributed by atoms with Crippen LogP contribution in [0, 0.1) is 11.5 Å². The Morgan fingerprint density at radius 1 is 1.75 bits per heavy atom. The van der Waals surface area contributed by atoms with Crippen molar-refractivity contribution in [1.82, 2.24) is 0 Å². The van der Waals surface area contributed by atoms with Crippen LogP contribution in [0.1, 0.15) is 0 Å². The van der Waals surface area contributed by atoms with Crippen LogP contribution >= 0.6 is 0 Å². The van der Waals surface area contributed by atoms with Gasteiger partial charge >= 0.3 is 51.4 Å². The minimum Gasteiger partial charge on any atom is -0.812 e. The molecular formula is CKNO. The molecule has 0 aliphatic heterocycles. The first-order valence-electron chi connectivity index (χ1n) is 0.428. The largest absolute Gasteiger partial charge is 1.00 e. The summed E-state index contributed by atoms with van der Waals surface area (Å²) in [5.74, 6) is 0. The average molecular weight is 82.1 g/mol. The second-order valence-electron chi connectivity index (χ2n) is 0.0913. The van der Waals surface area contributed by atoms with Crippen molar-refractivity contribution < 1.29 is 56.5 Å². The summed E-state index contributed by atoms with van der Waals surface area (Å²) in [6, 6.07) is 0. The van der Waals surface area contributed by atoms with Gasteiger partial charge in [0.15, 0.2) is 0 Å². The molecule has 0 aromatic rings. The fourth-order valence-electron chi connectivity index (χ4n) is 0. The van der Waals surface area contributed by atoms with Crippen LogP contribution in [0.5, 0.6) is 0 Å². The molecule has 0 aromatic carbocycles. The van der Waals surface area contributed by atoms with Gasteiger partial charge in [-0.2, -0.15) is 0 Å². The normalized spacial score (nSPS) is 1.75. The Morgan fingerprint density at radius 2 is 1.75 bits per heavy atom. The zero-order valence-electron chi connectivity index (χ0n) is 2.36. The molecule has 0 unspecified atom stereocenters. The first-order chi connectivity index (χ1) is 1.41. The first-order valence-corrected chi connectivity index (χ1v) is 0.428. The Balaban J connectivity index is 0. The van der Waals surface area contributed by atoms with Gasteiger partial charge in [0.1, 0.15) is 0 Å². The van der Waals surface area contributed by atoms with E-state index in [1.165, 1.54) is 0 Å². The second-order valence-corrected chi connectivity index (χ2v) is 0.0913. The zero-order chi connectivity index (χ0) is 2.71. The van der Waals surface area contributed by atoms with Crippen molar-refractivity contribution in [2.24, 2.45) is 0 Å². The van der Waals surface area contributed by atoms with E-state index in [1.54, 1.807) is 0 Å². The van der Waals surface area contributed by atoms with Gasteiger partial charge in [-0.3, -0.25) is 0 Å². The molecule has 0 aliphatic carbocycles. The van der Waals surface area contributed by atoms with Gasteiger partial charge < -0.3 is 5.11 Å². The van der Waals surface area contributed by atoms with Gasteiger partial charge in [-0.05, 0) is 0 Å². The minimum atomic E-state index is 0. The van der Waals surface area contributed by atoms with Crippen LogP contribution in [0.15, 0.2) is 0 Å². The van der Waals surface area contributed by atoms with Crippen LogP contribution in [0.25, 0.3) is 0 Å². The molecule has 3 heteroatoms. The van der Waals surface area contributed by atoms with Gasteiger partial charge in [0.2, 0.25) is 0 Å². The average Bonchev–Trinajstić information content (AvgIpc) is 0.918. The van der Waals surface area contributed by atoms with Crippen molar-refractivity contribution in [1.29, 1.82) is 5.26 Å². The standard InChI is InChI=1S/CHNO.K/c2-1-3;/h3H;/q;+1/p-1/i1+1;. The molecule has 0 atom stereocenters. The fraction of sp³-hybridized carbons (Fsp3) is 0. The molecule has 0 N–H and O–H groups in total. The predicted molar refractivity (Wildman–Crippen MR) is 5.61 cm³/mol. The summed E-state index contributed by atoms with van der Waals surface area (Å²) in [5, 5.41) is 15.0. The first kappa shape index (κ1) is 8.87. The maximum absolute atomic E-state index is 8.24. The van der Waals surface area contributed by atoms with Crippen LogP contribution in [0.3, 0.4) is 0 Å². The summed E-state index contributed by atoms with van der Waals surface area (Å²) in [5.41, 5.74) is 0. The quantitative estimate of drug-likeness (QED) is 0.169. The summed E-state index contributed by atoms with van der Waals surface area (Å²) >= 11 is 0. The van der Waals surface area contributed by atoms with Gasteiger partial charge in [-0.15, -0.1) is 0 Å². The van der Waals surface area contributed by atoms with Crippen molar-refractivity contribution in [3.8, 4) is 6.26 Å². The fourth-order valence-corrected chi connectivity index (χ4v) is 0. The van der Waals surface area contributed by atoms with Crippen LogP contribution < -0.4 is 56.5 Å². The molecule has 0 saturated carbocycles. The van der Waals surface area contributed by atoms with Gasteiger partial charge in [0.25, 0.3) is 0 Å². The maximum Gasteiger partial charge on any atom is 1.00 e. The van der Waals surface area contributed by atoms with E-state index in [9.17, 15) is 0 Å². The van der Waals surface area contributed by atoms with Crippen LogP contribution in [-0.2, 0) is 0 Å². The molecule has 0 spiro atoms. The van der Waals surface area contributed by atoms with Crippen LogP contribution in [0.4, 0.5) is 0 Å². The minimum absolute atomic E-state index is 0. The number of nitrogens with zero attached hydrogens (tertiary/aromatic N) is 1. The third-order valence-electron chi connectivity index (χ3n) is 0. The second kappa shape index (κ2) is 9.06. The summed E-state index contributed by atoms with van der Waals surface area (Å²) in [4.78, 5) is 0. The van der Waals surface area contributed by atoms with Crippen molar-refractivity contribution >= 4 is 0 Å². The molecule has 0 aromatic heterocycles. The molecule has 4 heavy (non-hydrogen) atoms. The van der Waals surface area contributed by atoms with E-state index < -0.39 is 0 Å². The van der Waals surface area contributed by atoms with Gasteiger partial charge in [-0.25, -0.2) is 5.26 Å². The molecule has 0 saturated heterocycles. The van der Waals surface area contributed by atoms with E-state index in [-0.39, 0.29) is 51.4 Å². The monoisotopic (exact) mass is 82.0 g/mol. The SMILES string of the molecule is N#[13C][O-].[K+]. The van der Waals surface area contributed by atoms with Crippen LogP contribution in [0.2, 0.25) is 0 Å². The summed E-state index contributed by atoms with van der Waals surface area (Å²) < 4.78 is 0. The Labute approximate surface area is 66.8 Å². The van der Waals surface area contributed by atoms with E-state index in [1.807, 2.05) is 0 Å². The van der Waals surface area contributed by atoms with Crippen LogP contribution in [-0.4, -0.2) is 0 Å². The topological polar surface area (TPSA) is 46.8 Å². The van der Waals surface area contributed by atoms with Crippen molar-refractivity contribution in [2.45, 2.75) is 0 Å². The van der Waals surface area contributed by atoms with E-state index in [0.717, 1.165) is 0 Å². The van der Waals surface area contributed by atoms with E-state index in [0.29, 0.717) is 6.26 Å². The molecule has 0 amide bonds. The summed E-state index contributed by atoms with van der Waals surface area (Å²) in [7, 11) is 0. The molecule has 2 nitrogen and oxygen atoms in total. The van der Waals surface area contributed by atoms with E-state index in [4.69, 9.17) is 10.4 Å². The van der Waals surface area contributed by atoms with E-state index in [2.05, 4.69) is 0 Å². The molecular weight excluding hydrogens is 82.1 g/mol. The molecule has 0 fully saturated rings. The van der Waals surface area contributed by atoms with Gasteiger partial charge in [0.05, 0.1) is 0 Å². The Bertz CT molecular complexity index is 29.5. The maximum atomic E-state index is 8.24. The van der Waals surface area contributed by atoms with Crippen molar-refractivity contribution in [3.63, 3.8) is 0 Å². The predicted octanol–water partition coefficient (Wildman–Crippen LogP) is -4.17. The Morgan fingerprint density at radius 3 is 1.75 bits per heavy atom. The molecule has 0 bridgehead atoms. The van der Waals surface area contributed by atoms with Crippen molar-refractivity contribution in [2.75, 3.05) is 0 Å². The summed E-state index contributed by atoms with van der Waals surface area (Å²) in [6.45, 7) is 0. The van der Waals surface area contributed by atoms with E-state index >= 15 is 0 Å². The number of nitriles is 1. The third kappa shape index (κ3) is 12.7. The number of hydrogen-bond donors (Lipinski definition) is 0. The summed E-state index contributed by atoms with van der Waals surface area (Å²) in [6.07, 6.45) is 0.500. The Kier molecular flexibility index (Phi) is 20.1. The molecule has 0 rings (SSSR count). The number of hydrogen-bond acceptors (Lipinski definition) is 2. The van der Waals surface area contributed by atoms with Gasteiger partial charge in [-0.1, -0.05) is 0 Å². The number of rotatable bonds is 0. The zero-order valence-corrected chi connectivity index (χ0v) is 5.48. The molecule has 0 aliphatic rings. The third-order valence-corrected chi connectivity index (χ3v) is 0. The van der Waals surface area contributed by atoms with Crippen molar-refractivity contribution in [3.05, 3.63) is 0 Å². The molecule has 0 radical (unpaired) electrons. The Hall–Kier alpha value is 0.926. The molecule has 16 valence electrons. The smallest absolute Gasteiger partial charge is 0.812 e.